The second-order valence-electron chi connectivity index (χ2n) is 3.23. The van der Waals surface area contributed by atoms with Gasteiger partial charge in [-0.25, -0.2) is 0 Å². The average molecular weight is 150 g/mol. The summed E-state index contributed by atoms with van der Waals surface area (Å²) in [4.78, 5) is 0. The Balaban J connectivity index is 3.39. The highest BCUT2D eigenvalue weighted by Gasteiger charge is 2.10. The van der Waals surface area contributed by atoms with Crippen LogP contribution in [-0.2, 0) is 0 Å². The SMILES string of the molecule is CP(C)CC(C)(C)P. The van der Waals surface area contributed by atoms with Crippen LogP contribution in [0, 0.1) is 0 Å². The van der Waals surface area contributed by atoms with Gasteiger partial charge in [0.25, 0.3) is 0 Å². The Morgan fingerprint density at radius 2 is 1.75 bits per heavy atom. The summed E-state index contributed by atoms with van der Waals surface area (Å²) in [6.07, 6.45) is 1.35. The predicted molar refractivity (Wildman–Crippen MR) is 47.4 cm³/mol. The topological polar surface area (TPSA) is 0 Å². The summed E-state index contributed by atoms with van der Waals surface area (Å²) in [6, 6.07) is 0. The molecule has 0 aromatic rings. The van der Waals surface area contributed by atoms with Crippen molar-refractivity contribution in [3.8, 4) is 0 Å². The van der Waals surface area contributed by atoms with Crippen LogP contribution < -0.4 is 0 Å². The molecule has 0 saturated heterocycles. The fraction of sp³-hybridized carbons (Fsp3) is 1.00. The van der Waals surface area contributed by atoms with Crippen LogP contribution >= 0.6 is 17.2 Å². The minimum atomic E-state index is 0.291. The Bertz CT molecular complexity index is 61.4. The van der Waals surface area contributed by atoms with Gasteiger partial charge in [-0.3, -0.25) is 0 Å². The van der Waals surface area contributed by atoms with Crippen molar-refractivity contribution in [2.75, 3.05) is 19.5 Å². The first kappa shape index (κ1) is 8.86. The first-order valence-electron chi connectivity index (χ1n) is 2.85. The number of rotatable bonds is 2. The summed E-state index contributed by atoms with van der Waals surface area (Å²) in [6.45, 7) is 9.17. The fourth-order valence-corrected chi connectivity index (χ4v) is 3.54. The van der Waals surface area contributed by atoms with Gasteiger partial charge in [-0.2, -0.15) is 0 Å². The lowest BCUT2D eigenvalue weighted by molar-refractivity contribution is 0.813. The molecule has 0 rings (SSSR count). The average Bonchev–Trinajstić information content (AvgIpc) is 1.21. The number of hydrogen-bond acceptors (Lipinski definition) is 0. The monoisotopic (exact) mass is 150 g/mol. The molecule has 0 heterocycles. The van der Waals surface area contributed by atoms with Crippen molar-refractivity contribution in [1.82, 2.24) is 0 Å². The summed E-state index contributed by atoms with van der Waals surface area (Å²) in [7, 11) is 3.17. The summed E-state index contributed by atoms with van der Waals surface area (Å²) < 4.78 is 0. The Kier molecular flexibility index (Phi) is 3.47. The Hall–Kier alpha value is 0.860. The van der Waals surface area contributed by atoms with Crippen LogP contribution in [0.3, 0.4) is 0 Å². The van der Waals surface area contributed by atoms with Gasteiger partial charge in [-0.05, 0) is 24.6 Å². The molecule has 1 atom stereocenters. The lowest BCUT2D eigenvalue weighted by Crippen LogP contribution is -2.13. The van der Waals surface area contributed by atoms with Crippen LogP contribution in [0.4, 0.5) is 0 Å². The van der Waals surface area contributed by atoms with Crippen LogP contribution in [-0.4, -0.2) is 24.6 Å². The van der Waals surface area contributed by atoms with E-state index in [2.05, 4.69) is 36.4 Å². The largest absolute Gasteiger partial charge is 0.131 e. The van der Waals surface area contributed by atoms with E-state index in [0.29, 0.717) is 13.1 Å². The van der Waals surface area contributed by atoms with Gasteiger partial charge in [0.15, 0.2) is 0 Å². The van der Waals surface area contributed by atoms with E-state index in [9.17, 15) is 0 Å². The van der Waals surface area contributed by atoms with Gasteiger partial charge in [0.2, 0.25) is 0 Å². The van der Waals surface area contributed by atoms with E-state index in [0.717, 1.165) is 0 Å². The van der Waals surface area contributed by atoms with Gasteiger partial charge in [-0.1, -0.05) is 13.8 Å². The Labute approximate surface area is 56.4 Å². The second-order valence-corrected chi connectivity index (χ2v) is 7.26. The van der Waals surface area contributed by atoms with Gasteiger partial charge in [-0.15, -0.1) is 17.2 Å². The highest BCUT2D eigenvalue weighted by atomic mass is 31.1. The van der Waals surface area contributed by atoms with Crippen molar-refractivity contribution in [3.63, 3.8) is 0 Å². The maximum atomic E-state index is 2.88. The zero-order valence-electron chi connectivity index (χ0n) is 6.23. The van der Waals surface area contributed by atoms with Gasteiger partial charge in [0, 0.05) is 0 Å². The molecular formula is C6H16P2. The summed E-state index contributed by atoms with van der Waals surface area (Å²) in [5.74, 6) is 0. The molecule has 0 aliphatic rings. The van der Waals surface area contributed by atoms with E-state index >= 15 is 0 Å². The zero-order chi connectivity index (χ0) is 6.78. The molecule has 0 aliphatic carbocycles. The van der Waals surface area contributed by atoms with Gasteiger partial charge in [0.05, 0.1) is 0 Å². The third-order valence-corrected chi connectivity index (χ3v) is 2.72. The quantitative estimate of drug-likeness (QED) is 0.530. The fourth-order valence-electron chi connectivity index (χ4n) is 0.815. The molecule has 0 aromatic heterocycles. The zero-order valence-corrected chi connectivity index (χ0v) is 8.28. The van der Waals surface area contributed by atoms with Crippen molar-refractivity contribution < 1.29 is 0 Å². The summed E-state index contributed by atoms with van der Waals surface area (Å²) in [5, 5.41) is 0.467. The molecule has 0 saturated carbocycles. The smallest absolute Gasteiger partial charge is 0.0168 e. The van der Waals surface area contributed by atoms with Crippen molar-refractivity contribution >= 4 is 17.2 Å². The van der Waals surface area contributed by atoms with E-state index in [-0.39, 0.29) is 0 Å². The maximum absolute atomic E-state index is 2.88. The summed E-state index contributed by atoms with van der Waals surface area (Å²) >= 11 is 0. The van der Waals surface area contributed by atoms with E-state index in [1.807, 2.05) is 0 Å². The van der Waals surface area contributed by atoms with E-state index in [1.54, 1.807) is 0 Å². The standard InChI is InChI=1S/C6H16P2/c1-6(2,7)5-8(3)4/h5,7H2,1-4H3. The number of hydrogen-bond donors (Lipinski definition) is 0. The van der Waals surface area contributed by atoms with Crippen molar-refractivity contribution in [1.29, 1.82) is 0 Å². The minimum Gasteiger partial charge on any atom is -0.131 e. The first-order valence-corrected chi connectivity index (χ1v) is 5.85. The lowest BCUT2D eigenvalue weighted by Gasteiger charge is -2.20. The second kappa shape index (κ2) is 3.14. The van der Waals surface area contributed by atoms with Crippen LogP contribution in [0.1, 0.15) is 13.8 Å². The van der Waals surface area contributed by atoms with Crippen LogP contribution in [0.25, 0.3) is 0 Å². The minimum absolute atomic E-state index is 0.291. The molecule has 0 N–H and O–H groups in total. The van der Waals surface area contributed by atoms with Gasteiger partial charge < -0.3 is 0 Å². The lowest BCUT2D eigenvalue weighted by atomic mass is 10.2. The molecule has 1 unspecified atom stereocenters. The van der Waals surface area contributed by atoms with Gasteiger partial charge in [0.1, 0.15) is 0 Å². The third-order valence-electron chi connectivity index (χ3n) is 0.724. The molecule has 0 amide bonds. The molecule has 0 bridgehead atoms. The molecule has 0 radical (unpaired) electrons. The van der Waals surface area contributed by atoms with Crippen LogP contribution in [0.15, 0.2) is 0 Å². The van der Waals surface area contributed by atoms with Crippen molar-refractivity contribution in [2.45, 2.75) is 19.0 Å². The van der Waals surface area contributed by atoms with E-state index in [1.165, 1.54) is 6.16 Å². The van der Waals surface area contributed by atoms with Crippen molar-refractivity contribution in [2.24, 2.45) is 0 Å². The third kappa shape index (κ3) is 6.86. The van der Waals surface area contributed by atoms with Crippen LogP contribution in [0.2, 0.25) is 0 Å². The Morgan fingerprint density at radius 3 is 1.75 bits per heavy atom. The predicted octanol–water partition coefficient (Wildman–Crippen LogP) is 2.38. The molecule has 0 aromatic carbocycles. The highest BCUT2D eigenvalue weighted by molar-refractivity contribution is 7.56. The molecule has 0 spiro atoms. The highest BCUT2D eigenvalue weighted by Crippen LogP contribution is 2.33. The maximum Gasteiger partial charge on any atom is -0.0168 e. The molecular weight excluding hydrogens is 134 g/mol. The van der Waals surface area contributed by atoms with Crippen molar-refractivity contribution in [3.05, 3.63) is 0 Å². The van der Waals surface area contributed by atoms with E-state index < -0.39 is 0 Å². The molecule has 50 valence electrons. The summed E-state index contributed by atoms with van der Waals surface area (Å²) in [5.41, 5.74) is 0. The molecule has 8 heavy (non-hydrogen) atoms. The molecule has 0 fully saturated rings. The van der Waals surface area contributed by atoms with Gasteiger partial charge >= 0.3 is 0 Å². The van der Waals surface area contributed by atoms with E-state index in [4.69, 9.17) is 0 Å². The normalized spacial score (nSPS) is 12.8. The Morgan fingerprint density at radius 1 is 1.38 bits per heavy atom. The molecule has 2 heteroatoms. The first-order chi connectivity index (χ1) is 3.42. The van der Waals surface area contributed by atoms with Crippen LogP contribution in [0.5, 0.6) is 0 Å². The molecule has 0 aliphatic heterocycles. The molecule has 0 nitrogen and oxygen atoms in total.